The lowest BCUT2D eigenvalue weighted by Gasteiger charge is -2.41. The first-order chi connectivity index (χ1) is 15.5. The maximum Gasteiger partial charge on any atom is 0.150 e. The van der Waals surface area contributed by atoms with Gasteiger partial charge in [0.2, 0.25) is 0 Å². The molecule has 3 N–H and O–H groups in total. The molecule has 1 aromatic carbocycles. The summed E-state index contributed by atoms with van der Waals surface area (Å²) in [5, 5.41) is 31.6. The van der Waals surface area contributed by atoms with Gasteiger partial charge in [0.1, 0.15) is 49.0 Å². The van der Waals surface area contributed by atoms with Crippen molar-refractivity contribution < 1.29 is 29.5 Å². The normalized spacial score (nSPS) is 31.4. The van der Waals surface area contributed by atoms with Gasteiger partial charge in [0.05, 0.1) is 11.5 Å². The summed E-state index contributed by atoms with van der Waals surface area (Å²) in [5.74, 6) is 0.575. The second kappa shape index (κ2) is 8.52. The molecule has 32 heavy (non-hydrogen) atoms. The topological polar surface area (TPSA) is 88.4 Å². The number of aliphatic hydroxyl groups is 3. The highest BCUT2D eigenvalue weighted by atomic mass is 16.6. The fourth-order valence-electron chi connectivity index (χ4n) is 5.06. The lowest BCUT2D eigenvalue weighted by atomic mass is 9.80. The Morgan fingerprint density at radius 3 is 2.62 bits per heavy atom. The summed E-state index contributed by atoms with van der Waals surface area (Å²) in [7, 11) is 0. The number of rotatable bonds is 5. The van der Waals surface area contributed by atoms with Gasteiger partial charge >= 0.3 is 0 Å². The van der Waals surface area contributed by atoms with Crippen LogP contribution < -0.4 is 0 Å². The summed E-state index contributed by atoms with van der Waals surface area (Å²) in [6.45, 7) is 2.11. The van der Waals surface area contributed by atoms with Crippen LogP contribution in [0.1, 0.15) is 61.3 Å². The zero-order valence-corrected chi connectivity index (χ0v) is 18.2. The number of hydrogen-bond acceptors (Lipinski definition) is 6. The molecule has 1 saturated heterocycles. The van der Waals surface area contributed by atoms with E-state index in [-0.39, 0.29) is 5.92 Å². The SMILES string of the molecule is CCc1ccc([C@@H]2OC3(CC3)[C@@H](O)[C@H](O)[C@H]2O)cc1C(C1=CC=CCC1)C1=COC=CO1. The summed E-state index contributed by atoms with van der Waals surface area (Å²) >= 11 is 0. The van der Waals surface area contributed by atoms with Crippen molar-refractivity contribution >= 4 is 0 Å². The molecule has 5 atom stereocenters. The van der Waals surface area contributed by atoms with Crippen molar-refractivity contribution in [3.8, 4) is 0 Å². The van der Waals surface area contributed by atoms with Crippen LogP contribution in [0.15, 0.2) is 66.5 Å². The van der Waals surface area contributed by atoms with E-state index in [1.807, 2.05) is 6.07 Å². The second-order valence-corrected chi connectivity index (χ2v) is 9.03. The van der Waals surface area contributed by atoms with Crippen molar-refractivity contribution in [2.45, 2.75) is 75.0 Å². The molecule has 2 fully saturated rings. The van der Waals surface area contributed by atoms with Gasteiger partial charge in [-0.25, -0.2) is 0 Å². The second-order valence-electron chi connectivity index (χ2n) is 9.03. The first-order valence-electron chi connectivity index (χ1n) is 11.4. The number of benzene rings is 1. The predicted octanol–water partition coefficient (Wildman–Crippen LogP) is 3.66. The van der Waals surface area contributed by atoms with Gasteiger partial charge in [-0.3, -0.25) is 0 Å². The number of aryl methyl sites for hydroxylation is 1. The van der Waals surface area contributed by atoms with Gasteiger partial charge in [-0.15, -0.1) is 0 Å². The van der Waals surface area contributed by atoms with E-state index < -0.39 is 30.0 Å². The Morgan fingerprint density at radius 2 is 1.97 bits per heavy atom. The van der Waals surface area contributed by atoms with Crippen molar-refractivity contribution in [3.05, 3.63) is 83.2 Å². The molecule has 2 aliphatic carbocycles. The number of ether oxygens (including phenoxy) is 3. The lowest BCUT2D eigenvalue weighted by Crippen LogP contribution is -2.55. The molecule has 5 rings (SSSR count). The first-order valence-corrected chi connectivity index (χ1v) is 11.4. The van der Waals surface area contributed by atoms with Gasteiger partial charge in [0.25, 0.3) is 0 Å². The molecule has 6 nitrogen and oxygen atoms in total. The molecule has 0 amide bonds. The number of allylic oxidation sites excluding steroid dienone is 4. The van der Waals surface area contributed by atoms with Gasteiger partial charge in [0, 0.05) is 0 Å². The molecule has 0 bridgehead atoms. The summed E-state index contributed by atoms with van der Waals surface area (Å²) in [6.07, 6.45) is 10.9. The van der Waals surface area contributed by atoms with Gasteiger partial charge in [0.15, 0.2) is 0 Å². The van der Waals surface area contributed by atoms with Gasteiger partial charge in [-0.05, 0) is 48.8 Å². The molecule has 1 spiro atoms. The van der Waals surface area contributed by atoms with Gasteiger partial charge in [-0.2, -0.15) is 0 Å². The minimum absolute atomic E-state index is 0.133. The Bertz CT molecular complexity index is 986. The Morgan fingerprint density at radius 1 is 1.12 bits per heavy atom. The van der Waals surface area contributed by atoms with Crippen LogP contribution in [0.5, 0.6) is 0 Å². The molecular formula is C26H30O6. The van der Waals surface area contributed by atoms with Crippen molar-refractivity contribution in [2.75, 3.05) is 0 Å². The standard InChI is InChI=1S/C26H30O6/c1-2-16-8-9-18(24-22(27)23(28)25(29)26(32-24)10-11-26)14-19(16)21(17-6-4-3-5-7-17)20-15-30-12-13-31-20/h3-4,6,8-9,12-15,21-25,27-29H,2,5,7,10-11H2,1H3/t21?,22-,23-,24+,25+/m1/s1. The third-order valence-corrected chi connectivity index (χ3v) is 7.04. The van der Waals surface area contributed by atoms with Crippen LogP contribution in [0.3, 0.4) is 0 Å². The van der Waals surface area contributed by atoms with Crippen LogP contribution in [-0.4, -0.2) is 39.2 Å². The van der Waals surface area contributed by atoms with Crippen LogP contribution in [0.2, 0.25) is 0 Å². The highest BCUT2D eigenvalue weighted by molar-refractivity contribution is 5.46. The number of aliphatic hydroxyl groups excluding tert-OH is 3. The molecule has 2 aliphatic heterocycles. The van der Waals surface area contributed by atoms with Crippen LogP contribution in [0.4, 0.5) is 0 Å². The van der Waals surface area contributed by atoms with E-state index in [9.17, 15) is 15.3 Å². The minimum atomic E-state index is -1.24. The maximum atomic E-state index is 10.8. The smallest absolute Gasteiger partial charge is 0.150 e. The molecule has 6 heteroatoms. The molecule has 0 aromatic heterocycles. The fraction of sp³-hybridized carbons (Fsp3) is 0.462. The molecule has 2 heterocycles. The zero-order chi connectivity index (χ0) is 22.3. The van der Waals surface area contributed by atoms with Crippen LogP contribution >= 0.6 is 0 Å². The van der Waals surface area contributed by atoms with Gasteiger partial charge in [-0.1, -0.05) is 48.9 Å². The van der Waals surface area contributed by atoms with Crippen molar-refractivity contribution in [3.63, 3.8) is 0 Å². The average molecular weight is 439 g/mol. The van der Waals surface area contributed by atoms with E-state index in [0.717, 1.165) is 30.4 Å². The lowest BCUT2D eigenvalue weighted by molar-refractivity contribution is -0.236. The van der Waals surface area contributed by atoms with E-state index in [0.29, 0.717) is 18.6 Å². The summed E-state index contributed by atoms with van der Waals surface area (Å²) in [5.41, 5.74) is 3.49. The summed E-state index contributed by atoms with van der Waals surface area (Å²) in [6, 6.07) is 6.07. The van der Waals surface area contributed by atoms with E-state index in [1.165, 1.54) is 17.4 Å². The van der Waals surface area contributed by atoms with Gasteiger partial charge < -0.3 is 29.5 Å². The largest absolute Gasteiger partial charge is 0.466 e. The quantitative estimate of drug-likeness (QED) is 0.650. The molecular weight excluding hydrogens is 408 g/mol. The Balaban J connectivity index is 1.57. The van der Waals surface area contributed by atoms with Crippen LogP contribution in [0.25, 0.3) is 0 Å². The monoisotopic (exact) mass is 438 g/mol. The number of hydrogen-bond donors (Lipinski definition) is 3. The minimum Gasteiger partial charge on any atom is -0.466 e. The highest BCUT2D eigenvalue weighted by Gasteiger charge is 2.60. The van der Waals surface area contributed by atoms with Crippen molar-refractivity contribution in [1.29, 1.82) is 0 Å². The Labute approximate surface area is 188 Å². The van der Waals surface area contributed by atoms with Crippen molar-refractivity contribution in [1.82, 2.24) is 0 Å². The highest BCUT2D eigenvalue weighted by Crippen LogP contribution is 2.52. The Hall–Kier alpha value is -2.38. The maximum absolute atomic E-state index is 10.8. The fourth-order valence-corrected chi connectivity index (χ4v) is 5.06. The first kappa shape index (κ1) is 21.5. The summed E-state index contributed by atoms with van der Waals surface area (Å²) < 4.78 is 17.5. The third kappa shape index (κ3) is 3.71. The molecule has 170 valence electrons. The summed E-state index contributed by atoms with van der Waals surface area (Å²) in [4.78, 5) is 0. The van der Waals surface area contributed by atoms with E-state index >= 15 is 0 Å². The van der Waals surface area contributed by atoms with Crippen LogP contribution in [-0.2, 0) is 20.6 Å². The third-order valence-electron chi connectivity index (χ3n) is 7.04. The molecule has 1 saturated carbocycles. The van der Waals surface area contributed by atoms with E-state index in [2.05, 4.69) is 37.3 Å². The molecule has 1 aromatic rings. The molecule has 4 aliphatic rings. The molecule has 1 unspecified atom stereocenters. The van der Waals surface area contributed by atoms with E-state index in [1.54, 1.807) is 12.5 Å². The predicted molar refractivity (Wildman–Crippen MR) is 118 cm³/mol. The zero-order valence-electron chi connectivity index (χ0n) is 18.2. The Kier molecular flexibility index (Phi) is 5.72. The van der Waals surface area contributed by atoms with E-state index in [4.69, 9.17) is 14.2 Å². The van der Waals surface area contributed by atoms with Crippen molar-refractivity contribution in [2.24, 2.45) is 0 Å². The van der Waals surface area contributed by atoms with Crippen LogP contribution in [0, 0.1) is 0 Å². The molecule has 0 radical (unpaired) electrons. The average Bonchev–Trinajstić information content (AvgIpc) is 3.62.